The number of fused-ring (bicyclic) bond motifs is 1. The highest BCUT2D eigenvalue weighted by atomic mass is 16.5. The van der Waals surface area contributed by atoms with E-state index in [1.54, 1.807) is 12.4 Å². The molecule has 1 saturated heterocycles. The number of nitrogens with one attached hydrogen (secondary N) is 2. The molecule has 40 heavy (non-hydrogen) atoms. The zero-order valence-corrected chi connectivity index (χ0v) is 23.1. The molecule has 1 aliphatic carbocycles. The Bertz CT molecular complexity index is 1450. The van der Waals surface area contributed by atoms with Gasteiger partial charge in [0, 0.05) is 61.2 Å². The molecule has 2 N–H and O–H groups in total. The minimum atomic E-state index is 0.0445. The van der Waals surface area contributed by atoms with Gasteiger partial charge < -0.3 is 24.8 Å². The van der Waals surface area contributed by atoms with Crippen molar-refractivity contribution in [1.82, 2.24) is 29.7 Å². The van der Waals surface area contributed by atoms with Crippen LogP contribution in [-0.4, -0.2) is 75.0 Å². The lowest BCUT2D eigenvalue weighted by atomic mass is 9.98. The van der Waals surface area contributed by atoms with Gasteiger partial charge in [0.25, 0.3) is 5.91 Å². The first-order chi connectivity index (χ1) is 19.6. The number of piperazine rings is 1. The second-order valence-corrected chi connectivity index (χ2v) is 10.9. The zero-order chi connectivity index (χ0) is 27.3. The monoisotopic (exact) mass is 539 g/mol. The Hall–Kier alpha value is -3.98. The van der Waals surface area contributed by atoms with Gasteiger partial charge in [0.15, 0.2) is 0 Å². The van der Waals surface area contributed by atoms with Gasteiger partial charge >= 0.3 is 0 Å². The Morgan fingerprint density at radius 2 is 1.68 bits per heavy atom. The van der Waals surface area contributed by atoms with Gasteiger partial charge in [-0.1, -0.05) is 19.3 Å². The van der Waals surface area contributed by atoms with Crippen LogP contribution < -0.4 is 10.1 Å². The molecule has 9 nitrogen and oxygen atoms in total. The second-order valence-electron chi connectivity index (χ2n) is 10.9. The summed E-state index contributed by atoms with van der Waals surface area (Å²) in [6, 6.07) is 13.6. The van der Waals surface area contributed by atoms with Crippen molar-refractivity contribution in [1.29, 1.82) is 0 Å². The molecular formula is C31H37N7O2. The summed E-state index contributed by atoms with van der Waals surface area (Å²) in [6.45, 7) is 3.28. The first-order valence-electron chi connectivity index (χ1n) is 14.4. The largest absolute Gasteiger partial charge is 0.490 e. The molecular weight excluding hydrogens is 502 g/mol. The van der Waals surface area contributed by atoms with Gasteiger partial charge in [-0.05, 0) is 69.1 Å². The van der Waals surface area contributed by atoms with Gasteiger partial charge in [-0.2, -0.15) is 0 Å². The molecule has 0 bridgehead atoms. The van der Waals surface area contributed by atoms with E-state index in [0.717, 1.165) is 72.7 Å². The van der Waals surface area contributed by atoms with Crippen molar-refractivity contribution >= 4 is 28.4 Å². The van der Waals surface area contributed by atoms with Gasteiger partial charge in [0.05, 0.1) is 17.5 Å². The van der Waals surface area contributed by atoms with Crippen molar-refractivity contribution in [2.75, 3.05) is 38.5 Å². The topological polar surface area (TPSA) is 99.3 Å². The number of hydrogen-bond acceptors (Lipinski definition) is 7. The van der Waals surface area contributed by atoms with Gasteiger partial charge in [-0.15, -0.1) is 0 Å². The number of carbonyl (C=O) groups excluding carboxylic acids is 1. The summed E-state index contributed by atoms with van der Waals surface area (Å²) >= 11 is 0. The molecule has 1 saturated carbocycles. The number of benzene rings is 1. The number of aromatic amines is 1. The van der Waals surface area contributed by atoms with Crippen molar-refractivity contribution in [2.45, 2.75) is 51.0 Å². The maximum Gasteiger partial charge on any atom is 0.270 e. The van der Waals surface area contributed by atoms with Crippen LogP contribution in [-0.2, 0) is 0 Å². The van der Waals surface area contributed by atoms with Crippen LogP contribution >= 0.6 is 0 Å². The van der Waals surface area contributed by atoms with E-state index in [9.17, 15) is 4.79 Å². The third kappa shape index (κ3) is 6.25. The van der Waals surface area contributed by atoms with E-state index in [4.69, 9.17) is 9.72 Å². The van der Waals surface area contributed by atoms with Crippen LogP contribution in [0.2, 0.25) is 0 Å². The van der Waals surface area contributed by atoms with Crippen molar-refractivity contribution in [3.63, 3.8) is 0 Å². The molecule has 2 fully saturated rings. The summed E-state index contributed by atoms with van der Waals surface area (Å²) in [4.78, 5) is 34.1. The van der Waals surface area contributed by atoms with Crippen molar-refractivity contribution in [2.24, 2.45) is 0 Å². The lowest BCUT2D eigenvalue weighted by Crippen LogP contribution is -2.47. The predicted molar refractivity (Wildman–Crippen MR) is 157 cm³/mol. The fourth-order valence-electron chi connectivity index (χ4n) is 5.55. The number of rotatable bonds is 6. The Labute approximate surface area is 235 Å². The SMILES string of the molecule is CN1CCN(C(=O)c2cc3cc(Nc4nccc(-c5cc(OC6CCCCCCC6)ccn5)n4)ccc3[nH]2)CC1. The number of H-pyrrole nitrogens is 1. The molecule has 0 spiro atoms. The first-order valence-corrected chi connectivity index (χ1v) is 14.4. The molecule has 1 amide bonds. The quantitative estimate of drug-likeness (QED) is 0.327. The summed E-state index contributed by atoms with van der Waals surface area (Å²) < 4.78 is 6.35. The summed E-state index contributed by atoms with van der Waals surface area (Å²) in [5.41, 5.74) is 3.85. The Balaban J connectivity index is 1.15. The Morgan fingerprint density at radius 1 is 0.900 bits per heavy atom. The van der Waals surface area contributed by atoms with E-state index < -0.39 is 0 Å². The zero-order valence-electron chi connectivity index (χ0n) is 23.1. The molecule has 1 aromatic carbocycles. The molecule has 6 rings (SSSR count). The van der Waals surface area contributed by atoms with Crippen molar-refractivity contribution < 1.29 is 9.53 Å². The summed E-state index contributed by atoms with van der Waals surface area (Å²) in [5, 5.41) is 4.27. The van der Waals surface area contributed by atoms with Gasteiger partial charge in [0.1, 0.15) is 11.4 Å². The van der Waals surface area contributed by atoms with E-state index >= 15 is 0 Å². The normalized spacial score (nSPS) is 17.4. The second kappa shape index (κ2) is 12.0. The highest BCUT2D eigenvalue weighted by Gasteiger charge is 2.22. The van der Waals surface area contributed by atoms with Crippen LogP contribution in [0.4, 0.5) is 11.6 Å². The fraction of sp³-hybridized carbons (Fsp3) is 0.419. The summed E-state index contributed by atoms with van der Waals surface area (Å²) in [7, 11) is 2.08. The van der Waals surface area contributed by atoms with Crippen molar-refractivity contribution in [3.8, 4) is 17.1 Å². The molecule has 0 radical (unpaired) electrons. The highest BCUT2D eigenvalue weighted by Crippen LogP contribution is 2.27. The lowest BCUT2D eigenvalue weighted by Gasteiger charge is -2.32. The molecule has 0 unspecified atom stereocenters. The van der Waals surface area contributed by atoms with Gasteiger partial charge in [-0.3, -0.25) is 9.78 Å². The minimum absolute atomic E-state index is 0.0445. The number of amides is 1. The molecule has 4 heterocycles. The van der Waals surface area contributed by atoms with Crippen LogP contribution in [0.1, 0.15) is 55.4 Å². The lowest BCUT2D eigenvalue weighted by molar-refractivity contribution is 0.0659. The number of hydrogen-bond donors (Lipinski definition) is 2. The van der Waals surface area contributed by atoms with E-state index in [1.807, 2.05) is 47.4 Å². The van der Waals surface area contributed by atoms with Crippen LogP contribution in [0.3, 0.4) is 0 Å². The van der Waals surface area contributed by atoms with E-state index in [2.05, 4.69) is 32.2 Å². The molecule has 9 heteroatoms. The first kappa shape index (κ1) is 26.3. The molecule has 208 valence electrons. The third-order valence-electron chi connectivity index (χ3n) is 7.90. The number of pyridine rings is 1. The number of aromatic nitrogens is 4. The maximum absolute atomic E-state index is 13.0. The van der Waals surface area contributed by atoms with Crippen LogP contribution in [0.15, 0.2) is 54.9 Å². The standard InChI is InChI=1S/C31H37N7O2/c1-37-15-17-38(18-16-37)30(39)29-20-22-19-23(9-10-26(22)35-29)34-31-33-14-12-27(36-31)28-21-25(11-13-32-28)40-24-7-5-3-2-4-6-8-24/h9-14,19-21,24,35H,2-8,15-18H2,1H3,(H,33,34,36). The molecule has 1 aliphatic heterocycles. The molecule has 0 atom stereocenters. The minimum Gasteiger partial charge on any atom is -0.490 e. The van der Waals surface area contributed by atoms with Crippen LogP contribution in [0.5, 0.6) is 5.75 Å². The number of ether oxygens (including phenoxy) is 1. The number of anilines is 2. The Kier molecular flexibility index (Phi) is 7.90. The fourth-order valence-corrected chi connectivity index (χ4v) is 5.55. The molecule has 3 aromatic heterocycles. The summed E-state index contributed by atoms with van der Waals surface area (Å²) in [5.74, 6) is 1.36. The maximum atomic E-state index is 13.0. The molecule has 4 aromatic rings. The van der Waals surface area contributed by atoms with Gasteiger partial charge in [-0.25, -0.2) is 9.97 Å². The van der Waals surface area contributed by atoms with E-state index in [0.29, 0.717) is 11.6 Å². The van der Waals surface area contributed by atoms with E-state index in [1.165, 1.54) is 32.1 Å². The van der Waals surface area contributed by atoms with Crippen LogP contribution in [0, 0.1) is 0 Å². The van der Waals surface area contributed by atoms with Crippen molar-refractivity contribution in [3.05, 3.63) is 60.6 Å². The third-order valence-corrected chi connectivity index (χ3v) is 7.90. The smallest absolute Gasteiger partial charge is 0.270 e. The highest BCUT2D eigenvalue weighted by molar-refractivity contribution is 5.98. The average Bonchev–Trinajstić information content (AvgIpc) is 3.38. The van der Waals surface area contributed by atoms with Crippen LogP contribution in [0.25, 0.3) is 22.3 Å². The number of carbonyl (C=O) groups is 1. The Morgan fingerprint density at radius 3 is 2.50 bits per heavy atom. The number of nitrogens with zero attached hydrogens (tertiary/aromatic N) is 5. The number of likely N-dealkylation sites (N-methyl/N-ethyl adjacent to an activating group) is 1. The summed E-state index contributed by atoms with van der Waals surface area (Å²) in [6.07, 6.45) is 12.4. The van der Waals surface area contributed by atoms with Gasteiger partial charge in [0.2, 0.25) is 5.95 Å². The van der Waals surface area contributed by atoms with E-state index in [-0.39, 0.29) is 12.0 Å². The molecule has 2 aliphatic rings. The predicted octanol–water partition coefficient (Wildman–Crippen LogP) is 5.64. The average molecular weight is 540 g/mol.